The second kappa shape index (κ2) is 6.25. The molecule has 4 aliphatic carbocycles. The van der Waals surface area contributed by atoms with Crippen molar-refractivity contribution in [1.82, 2.24) is 9.38 Å². The van der Waals surface area contributed by atoms with Gasteiger partial charge in [0.1, 0.15) is 5.75 Å². The minimum Gasteiger partial charge on any atom is -0.497 e. The summed E-state index contributed by atoms with van der Waals surface area (Å²) in [4.78, 5) is 6.28. The molecule has 0 spiro atoms. The number of benzene rings is 1. The zero-order valence-corrected chi connectivity index (χ0v) is 17.2. The van der Waals surface area contributed by atoms with Crippen LogP contribution in [-0.4, -0.2) is 16.5 Å². The van der Waals surface area contributed by atoms with Crippen molar-refractivity contribution in [2.75, 3.05) is 7.11 Å². The number of hydrogen-bond acceptors (Lipinski definition) is 3. The highest BCUT2D eigenvalue weighted by Crippen LogP contribution is 2.60. The van der Waals surface area contributed by atoms with E-state index in [1.165, 1.54) is 55.5 Å². The van der Waals surface area contributed by atoms with Gasteiger partial charge in [-0.1, -0.05) is 0 Å². The first-order valence-electron chi connectivity index (χ1n) is 9.84. The Kier molecular flexibility index (Phi) is 4.07. The number of methoxy groups -OCH3 is 1. The maximum absolute atomic E-state index is 5.30. The van der Waals surface area contributed by atoms with E-state index in [-0.39, 0.29) is 12.4 Å². The Morgan fingerprint density at radius 2 is 1.67 bits per heavy atom. The SMILES string of the molecule is COc1ccc(-c2csc3nc(C45CC6CC(CC(C6)C4)C5)cn23)cc1.Cl. The van der Waals surface area contributed by atoms with Gasteiger partial charge in [-0.2, -0.15) is 0 Å². The van der Waals surface area contributed by atoms with E-state index in [2.05, 4.69) is 28.1 Å². The van der Waals surface area contributed by atoms with Crippen LogP contribution < -0.4 is 4.74 Å². The van der Waals surface area contributed by atoms with Gasteiger partial charge in [0.05, 0.1) is 18.5 Å². The smallest absolute Gasteiger partial charge is 0.194 e. The number of rotatable bonds is 3. The lowest BCUT2D eigenvalue weighted by molar-refractivity contribution is -0.00696. The summed E-state index contributed by atoms with van der Waals surface area (Å²) in [6.07, 6.45) is 10.9. The molecule has 27 heavy (non-hydrogen) atoms. The van der Waals surface area contributed by atoms with Crippen LogP contribution in [-0.2, 0) is 5.41 Å². The molecule has 0 saturated heterocycles. The van der Waals surface area contributed by atoms with Crippen molar-refractivity contribution in [1.29, 1.82) is 0 Å². The van der Waals surface area contributed by atoms with Crippen molar-refractivity contribution in [3.05, 3.63) is 41.5 Å². The normalized spacial score (nSPS) is 31.2. The minimum absolute atomic E-state index is 0. The average Bonchev–Trinajstić information content (AvgIpc) is 3.22. The van der Waals surface area contributed by atoms with Gasteiger partial charge >= 0.3 is 0 Å². The molecule has 0 radical (unpaired) electrons. The first-order chi connectivity index (χ1) is 12.7. The van der Waals surface area contributed by atoms with Gasteiger partial charge in [0.25, 0.3) is 0 Å². The van der Waals surface area contributed by atoms with Crippen LogP contribution >= 0.6 is 23.7 Å². The Hall–Kier alpha value is -1.52. The molecule has 142 valence electrons. The number of ether oxygens (including phenoxy) is 1. The Morgan fingerprint density at radius 3 is 2.26 bits per heavy atom. The maximum atomic E-state index is 5.30. The molecule has 4 fully saturated rings. The van der Waals surface area contributed by atoms with Crippen molar-refractivity contribution < 1.29 is 4.74 Å². The summed E-state index contributed by atoms with van der Waals surface area (Å²) in [6, 6.07) is 8.36. The molecular weight excluding hydrogens is 376 g/mol. The molecule has 1 aromatic carbocycles. The van der Waals surface area contributed by atoms with E-state index in [4.69, 9.17) is 9.72 Å². The minimum atomic E-state index is 0. The monoisotopic (exact) mass is 400 g/mol. The molecule has 0 N–H and O–H groups in total. The number of aromatic nitrogens is 2. The van der Waals surface area contributed by atoms with Crippen molar-refractivity contribution in [3.8, 4) is 17.0 Å². The summed E-state index contributed by atoms with van der Waals surface area (Å²) >= 11 is 1.76. The lowest BCUT2D eigenvalue weighted by Crippen LogP contribution is -2.48. The van der Waals surface area contributed by atoms with Gasteiger partial charge in [0.2, 0.25) is 0 Å². The zero-order valence-electron chi connectivity index (χ0n) is 15.6. The first-order valence-corrected chi connectivity index (χ1v) is 10.7. The van der Waals surface area contributed by atoms with E-state index >= 15 is 0 Å². The summed E-state index contributed by atoms with van der Waals surface area (Å²) in [6.45, 7) is 0. The van der Waals surface area contributed by atoms with Crippen LogP contribution in [0.4, 0.5) is 0 Å². The van der Waals surface area contributed by atoms with Gasteiger partial charge < -0.3 is 4.74 Å². The van der Waals surface area contributed by atoms with Crippen LogP contribution in [0.25, 0.3) is 16.2 Å². The third-order valence-electron chi connectivity index (χ3n) is 7.18. The van der Waals surface area contributed by atoms with Crippen LogP contribution in [0, 0.1) is 17.8 Å². The Morgan fingerprint density at radius 1 is 1.04 bits per heavy atom. The van der Waals surface area contributed by atoms with Crippen LogP contribution in [0.3, 0.4) is 0 Å². The van der Waals surface area contributed by atoms with E-state index in [1.54, 1.807) is 18.4 Å². The number of fused-ring (bicyclic) bond motifs is 1. The van der Waals surface area contributed by atoms with Crippen LogP contribution in [0.1, 0.15) is 44.2 Å². The number of hydrogen-bond donors (Lipinski definition) is 0. The summed E-state index contributed by atoms with van der Waals surface area (Å²) in [7, 11) is 1.71. The number of thiazole rings is 1. The molecule has 3 aromatic rings. The van der Waals surface area contributed by atoms with Crippen LogP contribution in [0.15, 0.2) is 35.8 Å². The third kappa shape index (κ3) is 2.64. The van der Waals surface area contributed by atoms with Crippen molar-refractivity contribution in [2.24, 2.45) is 17.8 Å². The van der Waals surface area contributed by atoms with Gasteiger partial charge in [-0.25, -0.2) is 4.98 Å². The zero-order chi connectivity index (χ0) is 17.3. The highest BCUT2D eigenvalue weighted by Gasteiger charge is 2.52. The molecule has 4 aliphatic rings. The standard InChI is InChI=1S/C22H24N2OS.ClH/c1-25-18-4-2-17(3-5-18)19-13-26-21-23-20(12-24(19)21)22-9-14-6-15(10-22)8-16(7-14)11-22;/h2-5,12-16H,6-11H2,1H3;1H. The lowest BCUT2D eigenvalue weighted by Gasteiger charge is -2.56. The number of halogens is 1. The summed E-state index contributed by atoms with van der Waals surface area (Å²) < 4.78 is 7.62. The molecule has 2 heterocycles. The molecule has 7 rings (SSSR count). The molecule has 4 saturated carbocycles. The molecule has 0 atom stereocenters. The van der Waals surface area contributed by atoms with Crippen molar-refractivity contribution in [2.45, 2.75) is 43.9 Å². The topological polar surface area (TPSA) is 26.5 Å². The Labute approximate surface area is 170 Å². The van der Waals surface area contributed by atoms with E-state index in [0.29, 0.717) is 5.41 Å². The van der Waals surface area contributed by atoms with Gasteiger partial charge in [0.15, 0.2) is 4.96 Å². The highest BCUT2D eigenvalue weighted by molar-refractivity contribution is 7.15. The first kappa shape index (κ1) is 17.6. The predicted molar refractivity (Wildman–Crippen MR) is 112 cm³/mol. The fourth-order valence-electron chi connectivity index (χ4n) is 6.43. The fraction of sp³-hybridized carbons (Fsp3) is 0.500. The molecule has 0 aliphatic heterocycles. The van der Waals surface area contributed by atoms with Gasteiger partial charge in [-0.3, -0.25) is 4.40 Å². The van der Waals surface area contributed by atoms with E-state index in [9.17, 15) is 0 Å². The van der Waals surface area contributed by atoms with Crippen LogP contribution in [0.5, 0.6) is 5.75 Å². The average molecular weight is 401 g/mol. The Bertz CT molecular complexity index is 939. The van der Waals surface area contributed by atoms with Crippen molar-refractivity contribution >= 4 is 28.7 Å². The molecular formula is C22H25ClN2OS. The van der Waals surface area contributed by atoms with E-state index < -0.39 is 0 Å². The highest BCUT2D eigenvalue weighted by atomic mass is 35.5. The second-order valence-corrected chi connectivity index (χ2v) is 9.66. The molecule has 2 aromatic heterocycles. The molecule has 5 heteroatoms. The van der Waals surface area contributed by atoms with Gasteiger partial charge in [-0.15, -0.1) is 23.7 Å². The quantitative estimate of drug-likeness (QED) is 0.542. The predicted octanol–water partition coefficient (Wildman–Crippen LogP) is 5.96. The van der Waals surface area contributed by atoms with Gasteiger partial charge in [0, 0.05) is 17.0 Å². The van der Waals surface area contributed by atoms with E-state index in [1.807, 2.05) is 12.1 Å². The molecule has 4 bridgehead atoms. The molecule has 0 amide bonds. The number of nitrogens with zero attached hydrogens (tertiary/aromatic N) is 2. The summed E-state index contributed by atoms with van der Waals surface area (Å²) in [5.74, 6) is 3.78. The van der Waals surface area contributed by atoms with Gasteiger partial charge in [-0.05, 0) is 86.1 Å². The van der Waals surface area contributed by atoms with Crippen LogP contribution in [0.2, 0.25) is 0 Å². The lowest BCUT2D eigenvalue weighted by atomic mass is 9.49. The summed E-state index contributed by atoms with van der Waals surface area (Å²) in [5.41, 5.74) is 4.22. The second-order valence-electron chi connectivity index (χ2n) is 8.83. The molecule has 0 unspecified atom stereocenters. The molecule has 3 nitrogen and oxygen atoms in total. The largest absolute Gasteiger partial charge is 0.497 e. The van der Waals surface area contributed by atoms with E-state index in [0.717, 1.165) is 28.5 Å². The van der Waals surface area contributed by atoms with Crippen molar-refractivity contribution in [3.63, 3.8) is 0 Å². The maximum Gasteiger partial charge on any atom is 0.194 e. The fourth-order valence-corrected chi connectivity index (χ4v) is 7.32. The number of imidazole rings is 1. The third-order valence-corrected chi connectivity index (χ3v) is 8.02. The summed E-state index contributed by atoms with van der Waals surface area (Å²) in [5, 5.41) is 2.23. The Balaban J connectivity index is 0.00000160.